The summed E-state index contributed by atoms with van der Waals surface area (Å²) < 4.78 is 23.4. The SMILES string of the molecule is CCOC(=O)C1=CC(=CCC(C)C)c2c(cc3c(c2OC)CC(C(C)(O)C2CCNCC2)O3)O1. The van der Waals surface area contributed by atoms with Crippen LogP contribution in [-0.4, -0.2) is 49.6 Å². The van der Waals surface area contributed by atoms with Crippen LogP contribution in [0, 0.1) is 11.8 Å². The second-order valence-corrected chi connectivity index (χ2v) is 9.94. The summed E-state index contributed by atoms with van der Waals surface area (Å²) in [6.45, 7) is 10.0. The number of benzene rings is 1. The van der Waals surface area contributed by atoms with Gasteiger partial charge in [0.1, 0.15) is 29.0 Å². The molecule has 0 aromatic heterocycles. The summed E-state index contributed by atoms with van der Waals surface area (Å²) in [5, 5.41) is 14.9. The molecular weight excluding hydrogens is 434 g/mol. The highest BCUT2D eigenvalue weighted by Crippen LogP contribution is 2.51. The van der Waals surface area contributed by atoms with Crippen LogP contribution in [0.4, 0.5) is 0 Å². The van der Waals surface area contributed by atoms with Crippen LogP contribution in [-0.2, 0) is 16.0 Å². The Morgan fingerprint density at radius 1 is 1.32 bits per heavy atom. The van der Waals surface area contributed by atoms with Crippen LogP contribution in [0.3, 0.4) is 0 Å². The van der Waals surface area contributed by atoms with Crippen LogP contribution in [0.15, 0.2) is 24.0 Å². The van der Waals surface area contributed by atoms with Gasteiger partial charge in [0.2, 0.25) is 5.76 Å². The Bertz CT molecular complexity index is 987. The Hall–Kier alpha value is -2.51. The van der Waals surface area contributed by atoms with E-state index < -0.39 is 11.6 Å². The summed E-state index contributed by atoms with van der Waals surface area (Å²) in [6.07, 6.45) is 6.67. The Balaban J connectivity index is 1.72. The molecule has 0 bridgehead atoms. The molecule has 0 spiro atoms. The molecule has 2 N–H and O–H groups in total. The number of hydrogen-bond acceptors (Lipinski definition) is 7. The van der Waals surface area contributed by atoms with Crippen LogP contribution >= 0.6 is 0 Å². The van der Waals surface area contributed by atoms with Crippen molar-refractivity contribution in [3.05, 3.63) is 35.1 Å². The van der Waals surface area contributed by atoms with Crippen LogP contribution in [0.2, 0.25) is 0 Å². The number of aliphatic hydroxyl groups is 1. The maximum Gasteiger partial charge on any atom is 0.374 e. The van der Waals surface area contributed by atoms with Gasteiger partial charge >= 0.3 is 5.97 Å². The average Bonchev–Trinajstić information content (AvgIpc) is 3.26. The Kier molecular flexibility index (Phi) is 7.24. The largest absolute Gasteiger partial charge is 0.496 e. The third kappa shape index (κ3) is 4.68. The average molecular weight is 472 g/mol. The number of fused-ring (bicyclic) bond motifs is 2. The molecule has 7 nitrogen and oxygen atoms in total. The number of rotatable bonds is 7. The normalized spacial score (nSPS) is 22.9. The topological polar surface area (TPSA) is 86.3 Å². The molecule has 186 valence electrons. The molecule has 0 saturated carbocycles. The van der Waals surface area contributed by atoms with Crippen LogP contribution in [0.1, 0.15) is 58.1 Å². The monoisotopic (exact) mass is 471 g/mol. The highest BCUT2D eigenvalue weighted by molar-refractivity contribution is 5.95. The third-order valence-corrected chi connectivity index (χ3v) is 7.07. The van der Waals surface area contributed by atoms with Crippen molar-refractivity contribution in [3.8, 4) is 17.2 Å². The van der Waals surface area contributed by atoms with E-state index >= 15 is 0 Å². The molecule has 1 fully saturated rings. The van der Waals surface area contributed by atoms with Gasteiger partial charge in [-0.05, 0) is 69.7 Å². The molecule has 3 aliphatic heterocycles. The van der Waals surface area contributed by atoms with Crippen molar-refractivity contribution >= 4 is 11.5 Å². The number of piperidine rings is 1. The number of allylic oxidation sites excluding steroid dienone is 3. The molecular formula is C27H37NO6. The Morgan fingerprint density at radius 3 is 2.71 bits per heavy atom. The summed E-state index contributed by atoms with van der Waals surface area (Å²) in [5.41, 5.74) is 1.62. The maximum atomic E-state index is 12.5. The van der Waals surface area contributed by atoms with Gasteiger partial charge in [-0.25, -0.2) is 4.79 Å². The molecule has 7 heteroatoms. The summed E-state index contributed by atoms with van der Waals surface area (Å²) in [4.78, 5) is 12.5. The van der Waals surface area contributed by atoms with Crippen molar-refractivity contribution in [1.82, 2.24) is 5.32 Å². The number of esters is 1. The molecule has 1 aromatic rings. The first-order chi connectivity index (χ1) is 16.3. The van der Waals surface area contributed by atoms with Crippen molar-refractivity contribution in [2.45, 2.75) is 65.1 Å². The van der Waals surface area contributed by atoms with Crippen molar-refractivity contribution in [2.24, 2.45) is 11.8 Å². The molecule has 1 saturated heterocycles. The fraction of sp³-hybridized carbons (Fsp3) is 0.593. The van der Waals surface area contributed by atoms with Crippen LogP contribution in [0.5, 0.6) is 17.2 Å². The van der Waals surface area contributed by atoms with E-state index in [0.29, 0.717) is 29.6 Å². The number of carbonyl (C=O) groups is 1. The second-order valence-electron chi connectivity index (χ2n) is 9.94. The van der Waals surface area contributed by atoms with Gasteiger partial charge in [-0.3, -0.25) is 0 Å². The van der Waals surface area contributed by atoms with Gasteiger partial charge in [-0.2, -0.15) is 0 Å². The fourth-order valence-corrected chi connectivity index (χ4v) is 5.09. The minimum atomic E-state index is -0.974. The van der Waals surface area contributed by atoms with Gasteiger partial charge in [-0.1, -0.05) is 19.9 Å². The summed E-state index contributed by atoms with van der Waals surface area (Å²) in [7, 11) is 1.64. The molecule has 3 aliphatic rings. The zero-order valence-corrected chi connectivity index (χ0v) is 20.9. The van der Waals surface area contributed by atoms with Gasteiger partial charge in [0.05, 0.1) is 19.3 Å². The molecule has 4 rings (SSSR count). The molecule has 34 heavy (non-hydrogen) atoms. The molecule has 0 radical (unpaired) electrons. The quantitative estimate of drug-likeness (QED) is 0.581. The van der Waals surface area contributed by atoms with E-state index in [2.05, 4.69) is 25.2 Å². The van der Waals surface area contributed by atoms with Gasteiger partial charge in [-0.15, -0.1) is 0 Å². The Labute approximate surface area is 202 Å². The molecule has 1 aromatic carbocycles. The lowest BCUT2D eigenvalue weighted by atomic mass is 9.77. The van der Waals surface area contributed by atoms with E-state index in [1.807, 2.05) is 13.0 Å². The van der Waals surface area contributed by atoms with E-state index in [4.69, 9.17) is 18.9 Å². The van der Waals surface area contributed by atoms with E-state index in [9.17, 15) is 9.90 Å². The maximum absolute atomic E-state index is 12.5. The molecule has 3 heterocycles. The lowest BCUT2D eigenvalue weighted by Gasteiger charge is -2.39. The third-order valence-electron chi connectivity index (χ3n) is 7.07. The smallest absolute Gasteiger partial charge is 0.374 e. The molecule has 2 unspecified atom stereocenters. The number of hydrogen-bond donors (Lipinski definition) is 2. The first-order valence-electron chi connectivity index (χ1n) is 12.4. The summed E-state index contributed by atoms with van der Waals surface area (Å²) >= 11 is 0. The predicted octanol–water partition coefficient (Wildman–Crippen LogP) is 4.02. The Morgan fingerprint density at radius 2 is 2.06 bits per heavy atom. The number of ether oxygens (including phenoxy) is 4. The van der Waals surface area contributed by atoms with Gasteiger partial charge < -0.3 is 29.4 Å². The lowest BCUT2D eigenvalue weighted by molar-refractivity contribution is -0.141. The molecule has 0 amide bonds. The zero-order valence-electron chi connectivity index (χ0n) is 20.9. The fourth-order valence-electron chi connectivity index (χ4n) is 5.09. The number of carbonyl (C=O) groups excluding carboxylic acids is 1. The first kappa shape index (κ1) is 24.6. The van der Waals surface area contributed by atoms with Gasteiger partial charge in [0, 0.05) is 18.1 Å². The van der Waals surface area contributed by atoms with Crippen molar-refractivity contribution in [1.29, 1.82) is 0 Å². The summed E-state index contributed by atoms with van der Waals surface area (Å²) in [5.74, 6) is 2.04. The predicted molar refractivity (Wildman–Crippen MR) is 130 cm³/mol. The highest BCUT2D eigenvalue weighted by atomic mass is 16.6. The van der Waals surface area contributed by atoms with Crippen molar-refractivity contribution < 1.29 is 28.8 Å². The van der Waals surface area contributed by atoms with Crippen molar-refractivity contribution in [3.63, 3.8) is 0 Å². The number of methoxy groups -OCH3 is 1. The minimum Gasteiger partial charge on any atom is -0.496 e. The molecule has 0 aliphatic carbocycles. The number of nitrogens with one attached hydrogen (secondary N) is 1. The van der Waals surface area contributed by atoms with E-state index in [1.165, 1.54) is 0 Å². The second kappa shape index (κ2) is 10.0. The van der Waals surface area contributed by atoms with Gasteiger partial charge in [0.25, 0.3) is 0 Å². The summed E-state index contributed by atoms with van der Waals surface area (Å²) in [6, 6.07) is 1.82. The van der Waals surface area contributed by atoms with Crippen molar-refractivity contribution in [2.75, 3.05) is 26.8 Å². The standard InChI is InChI=1S/C27H37NO6/c1-6-32-26(29)22-13-17(8-7-16(2)3)24-21(33-22)15-20-19(25(24)31-5)14-23(34-20)27(4,30)18-9-11-28-12-10-18/h8,13,15-16,18,23,28,30H,6-7,9-12,14H2,1-5H3. The van der Waals surface area contributed by atoms with Gasteiger partial charge in [0.15, 0.2) is 0 Å². The first-order valence-corrected chi connectivity index (χ1v) is 12.4. The van der Waals surface area contributed by atoms with E-state index in [0.717, 1.165) is 49.1 Å². The zero-order chi connectivity index (χ0) is 24.5. The van der Waals surface area contributed by atoms with Crippen LogP contribution in [0.25, 0.3) is 5.57 Å². The van der Waals surface area contributed by atoms with E-state index in [-0.39, 0.29) is 24.4 Å². The highest BCUT2D eigenvalue weighted by Gasteiger charge is 2.46. The molecule has 2 atom stereocenters. The van der Waals surface area contributed by atoms with Crippen LogP contribution < -0.4 is 19.5 Å². The van der Waals surface area contributed by atoms with E-state index in [1.54, 1.807) is 20.1 Å². The lowest BCUT2D eigenvalue weighted by Crippen LogP contribution is -2.51. The minimum absolute atomic E-state index is 0.141.